The van der Waals surface area contributed by atoms with Crippen LogP contribution in [0.1, 0.15) is 0 Å². The number of carbonyl (C=O) groups excluding carboxylic acids is 1. The molecule has 0 atom stereocenters. The van der Waals surface area contributed by atoms with Gasteiger partial charge in [0.05, 0.1) is 29.9 Å². The lowest BCUT2D eigenvalue weighted by molar-refractivity contribution is -0.112. The number of anilines is 4. The van der Waals surface area contributed by atoms with Crippen LogP contribution in [0.4, 0.5) is 36.2 Å². The summed E-state index contributed by atoms with van der Waals surface area (Å²) in [6.45, 7) is 1.29. The standard InChI is InChI=1S/C29H32F3N7O2/c1-37(2)14-15-38(3)25-17-26(41-5)23(16-22(25)34-27(40)10-12-29(30,31)32)36-28-33-13-11-21(35-28)20-18-39(4)24-9-7-6-8-19(20)24/h6-13,16-18H,14-15H2,1-5H3,(H,34,40)(H,33,35,36)/b12-10+. The molecule has 12 heteroatoms. The molecule has 0 aliphatic rings. The van der Waals surface area contributed by atoms with Gasteiger partial charge in [0.15, 0.2) is 0 Å². The van der Waals surface area contributed by atoms with Crippen LogP contribution in [-0.2, 0) is 11.8 Å². The van der Waals surface area contributed by atoms with E-state index in [0.717, 1.165) is 16.5 Å². The molecular weight excluding hydrogens is 535 g/mol. The summed E-state index contributed by atoms with van der Waals surface area (Å²) >= 11 is 0. The van der Waals surface area contributed by atoms with Gasteiger partial charge in [-0.05, 0) is 32.3 Å². The van der Waals surface area contributed by atoms with Gasteiger partial charge in [-0.2, -0.15) is 13.2 Å². The third-order valence-electron chi connectivity index (χ3n) is 6.37. The lowest BCUT2D eigenvalue weighted by atomic mass is 10.1. The van der Waals surface area contributed by atoms with E-state index in [4.69, 9.17) is 9.72 Å². The number of nitrogens with zero attached hydrogens (tertiary/aromatic N) is 5. The Balaban J connectivity index is 1.70. The van der Waals surface area contributed by atoms with Crippen molar-refractivity contribution >= 4 is 39.8 Å². The van der Waals surface area contributed by atoms with Gasteiger partial charge in [-0.3, -0.25) is 4.79 Å². The summed E-state index contributed by atoms with van der Waals surface area (Å²) in [5, 5.41) is 6.75. The number of rotatable bonds is 10. The summed E-state index contributed by atoms with van der Waals surface area (Å²) < 4.78 is 45.6. The van der Waals surface area contributed by atoms with Crippen molar-refractivity contribution in [1.82, 2.24) is 19.4 Å². The van der Waals surface area contributed by atoms with E-state index in [-0.39, 0.29) is 17.7 Å². The van der Waals surface area contributed by atoms with Crippen LogP contribution in [-0.4, -0.2) is 72.9 Å². The predicted octanol–water partition coefficient (Wildman–Crippen LogP) is 5.44. The van der Waals surface area contributed by atoms with E-state index in [1.807, 2.05) is 79.1 Å². The Morgan fingerprint density at radius 3 is 2.56 bits per heavy atom. The minimum atomic E-state index is -4.61. The molecule has 216 valence electrons. The van der Waals surface area contributed by atoms with Crippen LogP contribution in [0, 0.1) is 0 Å². The maximum Gasteiger partial charge on any atom is 0.409 e. The number of hydrogen-bond donors (Lipinski definition) is 2. The Bertz CT molecular complexity index is 1560. The van der Waals surface area contributed by atoms with Crippen LogP contribution in [0.25, 0.3) is 22.2 Å². The van der Waals surface area contributed by atoms with Gasteiger partial charge in [-0.15, -0.1) is 0 Å². The molecular formula is C29H32F3N7O2. The fourth-order valence-electron chi connectivity index (χ4n) is 4.30. The van der Waals surface area contributed by atoms with Crippen molar-refractivity contribution < 1.29 is 22.7 Å². The Morgan fingerprint density at radius 1 is 1.10 bits per heavy atom. The number of ether oxygens (including phenoxy) is 1. The summed E-state index contributed by atoms with van der Waals surface area (Å²) in [5.74, 6) is -0.216. The molecule has 0 radical (unpaired) electrons. The maximum absolute atomic E-state index is 12.7. The van der Waals surface area contributed by atoms with Crippen LogP contribution in [0.15, 0.2) is 67.0 Å². The summed E-state index contributed by atoms with van der Waals surface area (Å²) in [6, 6.07) is 13.1. The van der Waals surface area contributed by atoms with E-state index in [1.165, 1.54) is 7.11 Å². The number of likely N-dealkylation sites (N-methyl/N-ethyl adjacent to an activating group) is 2. The normalized spacial score (nSPS) is 11.8. The van der Waals surface area contributed by atoms with E-state index in [9.17, 15) is 18.0 Å². The Hall–Kier alpha value is -4.58. The molecule has 9 nitrogen and oxygen atoms in total. The van der Waals surface area contributed by atoms with Gasteiger partial charge >= 0.3 is 6.18 Å². The molecule has 4 aromatic rings. The van der Waals surface area contributed by atoms with Gasteiger partial charge in [-0.25, -0.2) is 9.97 Å². The van der Waals surface area contributed by atoms with Crippen molar-refractivity contribution in [1.29, 1.82) is 0 Å². The molecule has 41 heavy (non-hydrogen) atoms. The van der Waals surface area contributed by atoms with Gasteiger partial charge in [-0.1, -0.05) is 18.2 Å². The molecule has 0 fully saturated rings. The van der Waals surface area contributed by atoms with Gasteiger partial charge < -0.3 is 29.7 Å². The highest BCUT2D eigenvalue weighted by Gasteiger charge is 2.23. The summed E-state index contributed by atoms with van der Waals surface area (Å²) in [7, 11) is 9.15. The lowest BCUT2D eigenvalue weighted by Gasteiger charge is -2.26. The van der Waals surface area contributed by atoms with Crippen molar-refractivity contribution in [3.05, 3.63) is 67.0 Å². The van der Waals surface area contributed by atoms with Crippen molar-refractivity contribution in [2.45, 2.75) is 6.18 Å². The highest BCUT2D eigenvalue weighted by atomic mass is 19.4. The number of amides is 1. The average molecular weight is 568 g/mol. The summed E-state index contributed by atoms with van der Waals surface area (Å²) in [5.41, 5.74) is 3.96. The number of halogens is 3. The number of fused-ring (bicyclic) bond motifs is 1. The SMILES string of the molecule is COc1cc(N(C)CCN(C)C)c(NC(=O)/C=C/C(F)(F)F)cc1Nc1nccc(-c2cn(C)c3ccccc23)n1. The van der Waals surface area contributed by atoms with E-state index < -0.39 is 12.1 Å². The molecule has 2 heterocycles. The molecule has 2 aromatic carbocycles. The number of nitrogens with one attached hydrogen (secondary N) is 2. The quantitative estimate of drug-likeness (QED) is 0.247. The first-order chi connectivity index (χ1) is 19.4. The highest BCUT2D eigenvalue weighted by molar-refractivity contribution is 6.02. The monoisotopic (exact) mass is 567 g/mol. The molecule has 0 bridgehead atoms. The summed E-state index contributed by atoms with van der Waals surface area (Å²) in [6.07, 6.45) is -0.628. The van der Waals surface area contributed by atoms with Crippen LogP contribution in [0.3, 0.4) is 0 Å². The number of hydrogen-bond acceptors (Lipinski definition) is 7. The van der Waals surface area contributed by atoms with E-state index in [0.29, 0.717) is 42.0 Å². The molecule has 0 spiro atoms. The number of benzene rings is 2. The second kappa shape index (κ2) is 12.3. The average Bonchev–Trinajstić information content (AvgIpc) is 3.27. The fraction of sp³-hybridized carbons (Fsp3) is 0.276. The van der Waals surface area contributed by atoms with Crippen molar-refractivity contribution in [3.8, 4) is 17.0 Å². The van der Waals surface area contributed by atoms with Crippen LogP contribution >= 0.6 is 0 Å². The largest absolute Gasteiger partial charge is 0.494 e. The molecule has 2 aromatic heterocycles. The fourth-order valence-corrected chi connectivity index (χ4v) is 4.30. The molecule has 0 aliphatic heterocycles. The second-order valence-corrected chi connectivity index (χ2v) is 9.72. The molecule has 1 amide bonds. The molecule has 0 saturated carbocycles. The van der Waals surface area contributed by atoms with Crippen molar-refractivity contribution in [3.63, 3.8) is 0 Å². The van der Waals surface area contributed by atoms with E-state index in [1.54, 1.807) is 18.3 Å². The minimum absolute atomic E-state index is 0.104. The topological polar surface area (TPSA) is 87.5 Å². The first-order valence-electron chi connectivity index (χ1n) is 12.7. The number of carbonyl (C=O) groups is 1. The Morgan fingerprint density at radius 2 is 1.85 bits per heavy atom. The molecule has 0 saturated heterocycles. The number of methoxy groups -OCH3 is 1. The van der Waals surface area contributed by atoms with Gasteiger partial charge in [0, 0.05) is 74.3 Å². The maximum atomic E-state index is 12.7. The van der Waals surface area contributed by atoms with Crippen LogP contribution in [0.5, 0.6) is 5.75 Å². The third-order valence-corrected chi connectivity index (χ3v) is 6.37. The molecule has 2 N–H and O–H groups in total. The second-order valence-electron chi connectivity index (χ2n) is 9.72. The first kappa shape index (κ1) is 29.4. The lowest BCUT2D eigenvalue weighted by Crippen LogP contribution is -2.29. The number of alkyl halides is 3. The zero-order valence-corrected chi connectivity index (χ0v) is 23.5. The zero-order chi connectivity index (χ0) is 29.7. The molecule has 0 aliphatic carbocycles. The number of para-hydroxylation sites is 1. The van der Waals surface area contributed by atoms with E-state index in [2.05, 4.69) is 15.6 Å². The molecule has 0 unspecified atom stereocenters. The Labute approximate surface area is 236 Å². The smallest absolute Gasteiger partial charge is 0.409 e. The van der Waals surface area contributed by atoms with Crippen LogP contribution < -0.4 is 20.3 Å². The summed E-state index contributed by atoms with van der Waals surface area (Å²) in [4.78, 5) is 25.4. The first-order valence-corrected chi connectivity index (χ1v) is 12.7. The van der Waals surface area contributed by atoms with Crippen molar-refractivity contribution in [2.24, 2.45) is 7.05 Å². The number of allylic oxidation sites excluding steroid dienone is 1. The van der Waals surface area contributed by atoms with Gasteiger partial charge in [0.1, 0.15) is 5.75 Å². The predicted molar refractivity (Wildman–Crippen MR) is 156 cm³/mol. The third kappa shape index (κ3) is 7.34. The zero-order valence-electron chi connectivity index (χ0n) is 23.5. The highest BCUT2D eigenvalue weighted by Crippen LogP contribution is 2.38. The van der Waals surface area contributed by atoms with Gasteiger partial charge in [0.2, 0.25) is 11.9 Å². The van der Waals surface area contributed by atoms with Crippen molar-refractivity contribution in [2.75, 3.05) is 56.9 Å². The number of aromatic nitrogens is 3. The van der Waals surface area contributed by atoms with Crippen LogP contribution in [0.2, 0.25) is 0 Å². The van der Waals surface area contributed by atoms with E-state index >= 15 is 0 Å². The minimum Gasteiger partial charge on any atom is -0.494 e. The number of aryl methyl sites for hydroxylation is 1. The molecule has 4 rings (SSSR count). The Kier molecular flexibility index (Phi) is 8.82. The van der Waals surface area contributed by atoms with Gasteiger partial charge in [0.25, 0.3) is 0 Å².